The quantitative estimate of drug-likeness (QED) is 0.648. The number of aromatic nitrogens is 3. The second kappa shape index (κ2) is 7.11. The summed E-state index contributed by atoms with van der Waals surface area (Å²) < 4.78 is 33.4. The van der Waals surface area contributed by atoms with Gasteiger partial charge in [0, 0.05) is 31.8 Å². The summed E-state index contributed by atoms with van der Waals surface area (Å²) in [6.07, 6.45) is 4.34. The maximum Gasteiger partial charge on any atom is 0.309 e. The van der Waals surface area contributed by atoms with Gasteiger partial charge in [0.05, 0.1) is 12.5 Å². The fraction of sp³-hybridized carbons (Fsp3) is 0.562. The second-order valence-electron chi connectivity index (χ2n) is 6.05. The van der Waals surface area contributed by atoms with Crippen molar-refractivity contribution in [3.05, 3.63) is 24.5 Å². The average molecular weight is 338 g/mol. The Hall–Kier alpha value is -2.25. The third kappa shape index (κ3) is 4.18. The number of nitrogens with zero attached hydrogens (tertiary/aromatic N) is 3. The van der Waals surface area contributed by atoms with Gasteiger partial charge in [-0.25, -0.2) is 18.3 Å². The van der Waals surface area contributed by atoms with Gasteiger partial charge in [0.2, 0.25) is 5.92 Å². The first-order chi connectivity index (χ1) is 11.5. The summed E-state index contributed by atoms with van der Waals surface area (Å²) in [7, 11) is 0. The van der Waals surface area contributed by atoms with Gasteiger partial charge in [-0.15, -0.1) is 5.10 Å². The van der Waals surface area contributed by atoms with E-state index >= 15 is 0 Å². The molecule has 0 aliphatic heterocycles. The Morgan fingerprint density at radius 3 is 3.17 bits per heavy atom. The van der Waals surface area contributed by atoms with Crippen LogP contribution in [0.1, 0.15) is 32.1 Å². The molecule has 3 rings (SSSR count). The van der Waals surface area contributed by atoms with Gasteiger partial charge in [-0.3, -0.25) is 4.79 Å². The van der Waals surface area contributed by atoms with E-state index in [1.807, 2.05) is 12.1 Å². The van der Waals surface area contributed by atoms with Gasteiger partial charge < -0.3 is 10.1 Å². The summed E-state index contributed by atoms with van der Waals surface area (Å²) in [5.74, 6) is -3.22. The van der Waals surface area contributed by atoms with Crippen molar-refractivity contribution in [1.82, 2.24) is 14.6 Å². The molecule has 0 aromatic carbocycles. The largest absolute Gasteiger partial charge is 0.465 e. The van der Waals surface area contributed by atoms with Gasteiger partial charge in [0.1, 0.15) is 5.82 Å². The van der Waals surface area contributed by atoms with E-state index in [2.05, 4.69) is 15.4 Å². The SMILES string of the molecule is O=C(OCCCNc1ccc2nccn2n1)C1CCCC(F)(F)C1. The van der Waals surface area contributed by atoms with E-state index in [1.54, 1.807) is 16.9 Å². The molecular weight excluding hydrogens is 318 g/mol. The highest BCUT2D eigenvalue weighted by Crippen LogP contribution is 2.37. The highest BCUT2D eigenvalue weighted by molar-refractivity contribution is 5.72. The zero-order valence-corrected chi connectivity index (χ0v) is 13.3. The topological polar surface area (TPSA) is 68.5 Å². The number of ether oxygens (including phenoxy) is 1. The molecule has 1 aliphatic rings. The van der Waals surface area contributed by atoms with E-state index in [0.29, 0.717) is 31.6 Å². The van der Waals surface area contributed by atoms with Crippen LogP contribution in [0.3, 0.4) is 0 Å². The number of halogens is 2. The van der Waals surface area contributed by atoms with Crippen molar-refractivity contribution in [1.29, 1.82) is 0 Å². The van der Waals surface area contributed by atoms with Crippen LogP contribution < -0.4 is 5.32 Å². The maximum atomic E-state index is 13.3. The minimum Gasteiger partial charge on any atom is -0.465 e. The molecule has 6 nitrogen and oxygen atoms in total. The molecule has 2 heterocycles. The monoisotopic (exact) mass is 338 g/mol. The molecule has 8 heteroatoms. The van der Waals surface area contributed by atoms with Gasteiger partial charge in [-0.1, -0.05) is 0 Å². The summed E-state index contributed by atoms with van der Waals surface area (Å²) in [6.45, 7) is 0.780. The summed E-state index contributed by atoms with van der Waals surface area (Å²) in [5, 5.41) is 7.43. The van der Waals surface area contributed by atoms with Crippen molar-refractivity contribution >= 4 is 17.4 Å². The predicted molar refractivity (Wildman–Crippen MR) is 84.0 cm³/mol. The lowest BCUT2D eigenvalue weighted by molar-refractivity contribution is -0.155. The Balaban J connectivity index is 1.36. The third-order valence-corrected chi connectivity index (χ3v) is 4.10. The number of nitrogens with one attached hydrogen (secondary N) is 1. The molecule has 1 N–H and O–H groups in total. The molecule has 1 saturated carbocycles. The summed E-state index contributed by atoms with van der Waals surface area (Å²) in [5.41, 5.74) is 0.763. The van der Waals surface area contributed by atoms with Crippen molar-refractivity contribution in [2.75, 3.05) is 18.5 Å². The zero-order chi connectivity index (χ0) is 17.0. The molecule has 0 radical (unpaired) electrons. The van der Waals surface area contributed by atoms with Crippen molar-refractivity contribution in [3.63, 3.8) is 0 Å². The standard InChI is InChI=1S/C16H20F2N4O2/c17-16(18)6-1-3-12(11-16)15(23)24-10-2-7-19-13-4-5-14-20-8-9-22(14)21-13/h4-5,8-9,12H,1-3,6-7,10-11H2,(H,19,21). The first kappa shape index (κ1) is 16.6. The summed E-state index contributed by atoms with van der Waals surface area (Å²) in [6, 6.07) is 3.66. The van der Waals surface area contributed by atoms with Crippen molar-refractivity contribution in [2.24, 2.45) is 5.92 Å². The molecule has 2 aromatic rings. The molecular formula is C16H20F2N4O2. The molecule has 1 fully saturated rings. The van der Waals surface area contributed by atoms with E-state index in [1.165, 1.54) is 0 Å². The second-order valence-corrected chi connectivity index (χ2v) is 6.05. The van der Waals surface area contributed by atoms with Crippen LogP contribution in [0.25, 0.3) is 5.65 Å². The van der Waals surface area contributed by atoms with Crippen LogP contribution in [-0.4, -0.2) is 39.6 Å². The Morgan fingerprint density at radius 2 is 2.33 bits per heavy atom. The minimum absolute atomic E-state index is 0.130. The van der Waals surface area contributed by atoms with Crippen LogP contribution in [0.4, 0.5) is 14.6 Å². The van der Waals surface area contributed by atoms with Crippen molar-refractivity contribution in [2.45, 2.75) is 38.0 Å². The minimum atomic E-state index is -2.73. The number of hydrogen-bond donors (Lipinski definition) is 1. The molecule has 0 amide bonds. The Morgan fingerprint density at radius 1 is 1.46 bits per heavy atom. The first-order valence-corrected chi connectivity index (χ1v) is 8.12. The number of carbonyl (C=O) groups excluding carboxylic acids is 1. The molecule has 0 bridgehead atoms. The van der Waals surface area contributed by atoms with E-state index in [9.17, 15) is 13.6 Å². The van der Waals surface area contributed by atoms with Gasteiger partial charge in [0.25, 0.3) is 0 Å². The average Bonchev–Trinajstić information content (AvgIpc) is 3.01. The molecule has 24 heavy (non-hydrogen) atoms. The Labute approximate surface area is 138 Å². The maximum absolute atomic E-state index is 13.3. The van der Waals surface area contributed by atoms with Crippen molar-refractivity contribution < 1.29 is 18.3 Å². The number of esters is 1. The lowest BCUT2D eigenvalue weighted by Gasteiger charge is -2.27. The van der Waals surface area contributed by atoms with E-state index < -0.39 is 17.8 Å². The molecule has 1 aliphatic carbocycles. The van der Waals surface area contributed by atoms with Crippen LogP contribution in [0.2, 0.25) is 0 Å². The van der Waals surface area contributed by atoms with E-state index in [-0.39, 0.29) is 19.4 Å². The number of rotatable bonds is 6. The van der Waals surface area contributed by atoms with Crippen LogP contribution in [-0.2, 0) is 9.53 Å². The number of hydrogen-bond acceptors (Lipinski definition) is 5. The van der Waals surface area contributed by atoms with Gasteiger partial charge in [-0.05, 0) is 31.4 Å². The van der Waals surface area contributed by atoms with Crippen LogP contribution in [0.5, 0.6) is 0 Å². The molecule has 0 spiro atoms. The summed E-state index contributed by atoms with van der Waals surface area (Å²) >= 11 is 0. The number of anilines is 1. The molecule has 2 aromatic heterocycles. The van der Waals surface area contributed by atoms with Crippen LogP contribution >= 0.6 is 0 Å². The fourth-order valence-corrected chi connectivity index (χ4v) is 2.86. The fourth-order valence-electron chi connectivity index (χ4n) is 2.86. The summed E-state index contributed by atoms with van der Waals surface area (Å²) in [4.78, 5) is 15.9. The van der Waals surface area contributed by atoms with Crippen LogP contribution in [0, 0.1) is 5.92 Å². The van der Waals surface area contributed by atoms with E-state index in [0.717, 1.165) is 5.65 Å². The molecule has 0 saturated heterocycles. The number of carbonyl (C=O) groups is 1. The van der Waals surface area contributed by atoms with Crippen LogP contribution in [0.15, 0.2) is 24.5 Å². The van der Waals surface area contributed by atoms with Gasteiger partial charge >= 0.3 is 5.97 Å². The van der Waals surface area contributed by atoms with Gasteiger partial charge in [0.15, 0.2) is 5.65 Å². The smallest absolute Gasteiger partial charge is 0.309 e. The highest BCUT2D eigenvalue weighted by atomic mass is 19.3. The van der Waals surface area contributed by atoms with Gasteiger partial charge in [-0.2, -0.15) is 0 Å². The Bertz CT molecular complexity index is 704. The lowest BCUT2D eigenvalue weighted by atomic mass is 9.86. The zero-order valence-electron chi connectivity index (χ0n) is 13.3. The highest BCUT2D eigenvalue weighted by Gasteiger charge is 2.39. The normalized spacial score (nSPS) is 20.0. The molecule has 1 atom stereocenters. The third-order valence-electron chi connectivity index (χ3n) is 4.10. The number of imidazole rings is 1. The molecule has 130 valence electrons. The predicted octanol–water partition coefficient (Wildman–Crippen LogP) is 2.90. The Kier molecular flexibility index (Phi) is 4.92. The van der Waals surface area contributed by atoms with Crippen molar-refractivity contribution in [3.8, 4) is 0 Å². The molecule has 1 unspecified atom stereocenters. The number of alkyl halides is 2. The lowest BCUT2D eigenvalue weighted by Crippen LogP contribution is -2.31. The van der Waals surface area contributed by atoms with E-state index in [4.69, 9.17) is 4.74 Å². The number of fused-ring (bicyclic) bond motifs is 1. The first-order valence-electron chi connectivity index (χ1n) is 8.12.